The Morgan fingerprint density at radius 3 is 2.11 bits per heavy atom. The molecular weight excluding hydrogens is 246 g/mol. The average molecular weight is 263 g/mol. The van der Waals surface area contributed by atoms with Crippen LogP contribution in [0.5, 0.6) is 17.2 Å². The van der Waals surface area contributed by atoms with Gasteiger partial charge in [-0.25, -0.2) is 0 Å². The molecule has 102 valence electrons. The van der Waals surface area contributed by atoms with Gasteiger partial charge in [-0.15, -0.1) is 0 Å². The Morgan fingerprint density at radius 2 is 1.68 bits per heavy atom. The second-order valence-corrected chi connectivity index (χ2v) is 3.95. The molecule has 0 saturated heterocycles. The maximum absolute atomic E-state index is 6.15. The fourth-order valence-corrected chi connectivity index (χ4v) is 1.91. The monoisotopic (exact) mass is 263 g/mol. The van der Waals surface area contributed by atoms with Gasteiger partial charge in [0.05, 0.1) is 33.6 Å². The number of nitrogens with two attached hydrogens (primary N) is 1. The Labute approximate surface area is 111 Å². The van der Waals surface area contributed by atoms with Crippen molar-refractivity contribution in [2.24, 2.45) is 5.73 Å². The van der Waals surface area contributed by atoms with Gasteiger partial charge in [-0.3, -0.25) is 0 Å². The average Bonchev–Trinajstić information content (AvgIpc) is 2.98. The highest BCUT2D eigenvalue weighted by molar-refractivity contribution is 5.55. The molecule has 19 heavy (non-hydrogen) atoms. The normalized spacial score (nSPS) is 12.0. The number of hydrogen-bond acceptors (Lipinski definition) is 5. The molecule has 0 radical (unpaired) electrons. The number of furan rings is 1. The predicted molar refractivity (Wildman–Crippen MR) is 70.8 cm³/mol. The van der Waals surface area contributed by atoms with Crippen LogP contribution in [0.4, 0.5) is 0 Å². The Morgan fingerprint density at radius 1 is 1.05 bits per heavy atom. The lowest BCUT2D eigenvalue weighted by Crippen LogP contribution is -2.11. The van der Waals surface area contributed by atoms with Crippen molar-refractivity contribution in [3.05, 3.63) is 41.9 Å². The summed E-state index contributed by atoms with van der Waals surface area (Å²) < 4.78 is 21.2. The molecular formula is C14H17NO4. The zero-order valence-corrected chi connectivity index (χ0v) is 11.2. The third-order valence-electron chi connectivity index (χ3n) is 2.90. The molecule has 1 aromatic carbocycles. The van der Waals surface area contributed by atoms with Crippen LogP contribution >= 0.6 is 0 Å². The van der Waals surface area contributed by atoms with Gasteiger partial charge < -0.3 is 24.4 Å². The van der Waals surface area contributed by atoms with E-state index in [-0.39, 0.29) is 6.04 Å². The maximum Gasteiger partial charge on any atom is 0.203 e. The van der Waals surface area contributed by atoms with E-state index in [0.717, 1.165) is 5.56 Å². The van der Waals surface area contributed by atoms with Crippen molar-refractivity contribution in [2.75, 3.05) is 21.3 Å². The summed E-state index contributed by atoms with van der Waals surface area (Å²) in [6.45, 7) is 0. The first-order valence-corrected chi connectivity index (χ1v) is 5.80. The van der Waals surface area contributed by atoms with E-state index in [0.29, 0.717) is 23.0 Å². The number of benzene rings is 1. The van der Waals surface area contributed by atoms with E-state index >= 15 is 0 Å². The lowest BCUT2D eigenvalue weighted by atomic mass is 10.0. The van der Waals surface area contributed by atoms with E-state index in [4.69, 9.17) is 24.4 Å². The van der Waals surface area contributed by atoms with Crippen LogP contribution in [0.25, 0.3) is 0 Å². The highest BCUT2D eigenvalue weighted by Gasteiger charge is 2.18. The molecule has 0 bridgehead atoms. The van der Waals surface area contributed by atoms with Crippen LogP contribution < -0.4 is 19.9 Å². The van der Waals surface area contributed by atoms with Crippen molar-refractivity contribution in [3.63, 3.8) is 0 Å². The number of ether oxygens (including phenoxy) is 3. The van der Waals surface area contributed by atoms with Gasteiger partial charge in [-0.05, 0) is 29.8 Å². The molecule has 0 aliphatic carbocycles. The van der Waals surface area contributed by atoms with Gasteiger partial charge in [0.25, 0.3) is 0 Å². The third-order valence-corrected chi connectivity index (χ3v) is 2.90. The Hall–Kier alpha value is -2.14. The van der Waals surface area contributed by atoms with Crippen molar-refractivity contribution in [1.29, 1.82) is 0 Å². The zero-order chi connectivity index (χ0) is 13.8. The molecule has 0 saturated carbocycles. The van der Waals surface area contributed by atoms with Gasteiger partial charge in [0.15, 0.2) is 11.5 Å². The van der Waals surface area contributed by atoms with Crippen LogP contribution in [0.1, 0.15) is 17.4 Å². The summed E-state index contributed by atoms with van der Waals surface area (Å²) in [5.41, 5.74) is 6.98. The first kappa shape index (κ1) is 13.3. The Bertz CT molecular complexity index is 511. The van der Waals surface area contributed by atoms with Crippen molar-refractivity contribution in [2.45, 2.75) is 6.04 Å². The van der Waals surface area contributed by atoms with Crippen LogP contribution in [-0.4, -0.2) is 21.3 Å². The molecule has 0 spiro atoms. The topological polar surface area (TPSA) is 66.9 Å². The largest absolute Gasteiger partial charge is 0.493 e. The summed E-state index contributed by atoms with van der Waals surface area (Å²) in [5.74, 6) is 2.35. The minimum absolute atomic E-state index is 0.385. The fraction of sp³-hybridized carbons (Fsp3) is 0.286. The van der Waals surface area contributed by atoms with Gasteiger partial charge >= 0.3 is 0 Å². The van der Waals surface area contributed by atoms with Crippen LogP contribution in [0.15, 0.2) is 34.9 Å². The molecule has 2 N–H and O–H groups in total. The quantitative estimate of drug-likeness (QED) is 0.897. The molecule has 5 heteroatoms. The van der Waals surface area contributed by atoms with Crippen molar-refractivity contribution in [1.82, 2.24) is 0 Å². The molecule has 0 aliphatic rings. The van der Waals surface area contributed by atoms with Gasteiger partial charge in [0, 0.05) is 0 Å². The summed E-state index contributed by atoms with van der Waals surface area (Å²) in [5, 5.41) is 0. The minimum atomic E-state index is -0.385. The second kappa shape index (κ2) is 5.67. The zero-order valence-electron chi connectivity index (χ0n) is 11.2. The first-order chi connectivity index (χ1) is 9.21. The fourth-order valence-electron chi connectivity index (χ4n) is 1.91. The number of hydrogen-bond donors (Lipinski definition) is 1. The molecule has 1 aromatic heterocycles. The predicted octanol–water partition coefficient (Wildman–Crippen LogP) is 2.35. The molecule has 2 rings (SSSR count). The smallest absolute Gasteiger partial charge is 0.203 e. The van der Waals surface area contributed by atoms with Crippen LogP contribution in [-0.2, 0) is 0 Å². The van der Waals surface area contributed by atoms with Gasteiger partial charge in [-0.1, -0.05) is 0 Å². The molecule has 1 unspecified atom stereocenters. The summed E-state index contributed by atoms with van der Waals surface area (Å²) in [6.07, 6.45) is 1.59. The van der Waals surface area contributed by atoms with Gasteiger partial charge in [-0.2, -0.15) is 0 Å². The Kier molecular flexibility index (Phi) is 3.97. The molecule has 0 aliphatic heterocycles. The van der Waals surface area contributed by atoms with Crippen LogP contribution in [0.3, 0.4) is 0 Å². The van der Waals surface area contributed by atoms with Crippen molar-refractivity contribution in [3.8, 4) is 17.2 Å². The highest BCUT2D eigenvalue weighted by Crippen LogP contribution is 2.40. The van der Waals surface area contributed by atoms with Gasteiger partial charge in [0.2, 0.25) is 5.75 Å². The lowest BCUT2D eigenvalue weighted by Gasteiger charge is -2.16. The second-order valence-electron chi connectivity index (χ2n) is 3.95. The summed E-state index contributed by atoms with van der Waals surface area (Å²) in [6, 6.07) is 6.87. The molecule has 0 amide bonds. The Balaban J connectivity index is 2.47. The van der Waals surface area contributed by atoms with Crippen molar-refractivity contribution < 1.29 is 18.6 Å². The van der Waals surface area contributed by atoms with E-state index in [1.807, 2.05) is 18.2 Å². The van der Waals surface area contributed by atoms with E-state index in [2.05, 4.69) is 0 Å². The lowest BCUT2D eigenvalue weighted by molar-refractivity contribution is 0.323. The van der Waals surface area contributed by atoms with E-state index in [9.17, 15) is 0 Å². The van der Waals surface area contributed by atoms with E-state index < -0.39 is 0 Å². The molecule has 2 aromatic rings. The maximum atomic E-state index is 6.15. The number of methoxy groups -OCH3 is 3. The first-order valence-electron chi connectivity index (χ1n) is 5.80. The van der Waals surface area contributed by atoms with E-state index in [1.54, 1.807) is 33.7 Å². The standard InChI is InChI=1S/C14H17NO4/c1-16-11-7-9(8-12(17-2)14(11)18-3)13(15)10-5-4-6-19-10/h4-8,13H,15H2,1-3H3. The molecule has 5 nitrogen and oxygen atoms in total. The SMILES string of the molecule is COc1cc(C(N)c2ccco2)cc(OC)c1OC. The summed E-state index contributed by atoms with van der Waals surface area (Å²) >= 11 is 0. The van der Waals surface area contributed by atoms with E-state index in [1.165, 1.54) is 0 Å². The minimum Gasteiger partial charge on any atom is -0.493 e. The van der Waals surface area contributed by atoms with Crippen molar-refractivity contribution >= 4 is 0 Å². The third kappa shape index (κ3) is 2.51. The van der Waals surface area contributed by atoms with Gasteiger partial charge in [0.1, 0.15) is 5.76 Å². The summed E-state index contributed by atoms with van der Waals surface area (Å²) in [4.78, 5) is 0. The molecule has 1 atom stereocenters. The van der Waals surface area contributed by atoms with Crippen LogP contribution in [0.2, 0.25) is 0 Å². The molecule has 0 fully saturated rings. The summed E-state index contributed by atoms with van der Waals surface area (Å²) in [7, 11) is 4.70. The number of rotatable bonds is 5. The van der Waals surface area contributed by atoms with Crippen LogP contribution in [0, 0.1) is 0 Å². The molecule has 1 heterocycles. The highest BCUT2D eigenvalue weighted by atomic mass is 16.5.